The van der Waals surface area contributed by atoms with Gasteiger partial charge >= 0.3 is 6.03 Å². The summed E-state index contributed by atoms with van der Waals surface area (Å²) in [6, 6.07) is 10.8. The molecule has 0 aliphatic heterocycles. The van der Waals surface area contributed by atoms with Gasteiger partial charge in [-0.15, -0.1) is 0 Å². The molecule has 27 heavy (non-hydrogen) atoms. The first kappa shape index (κ1) is 20.8. The van der Waals surface area contributed by atoms with Gasteiger partial charge in [0.05, 0.1) is 0 Å². The van der Waals surface area contributed by atoms with Crippen molar-refractivity contribution in [2.24, 2.45) is 5.73 Å². The van der Waals surface area contributed by atoms with Crippen LogP contribution in [0.2, 0.25) is 10.0 Å². The molecule has 0 aliphatic carbocycles. The largest absolute Gasteiger partial charge is 0.488 e. The van der Waals surface area contributed by atoms with Gasteiger partial charge in [-0.3, -0.25) is 10.1 Å². The lowest BCUT2D eigenvalue weighted by atomic mass is 10.1. The summed E-state index contributed by atoms with van der Waals surface area (Å²) in [5.41, 5.74) is 5.77. The number of urea groups is 1. The highest BCUT2D eigenvalue weighted by molar-refractivity contribution is 9.10. The van der Waals surface area contributed by atoms with Crippen molar-refractivity contribution in [3.8, 4) is 11.8 Å². The van der Waals surface area contributed by atoms with E-state index in [4.69, 9.17) is 33.7 Å². The van der Waals surface area contributed by atoms with Crippen molar-refractivity contribution in [2.75, 3.05) is 0 Å². The molecule has 138 valence electrons. The van der Waals surface area contributed by atoms with Gasteiger partial charge in [0.15, 0.2) is 0 Å². The van der Waals surface area contributed by atoms with Crippen LogP contribution < -0.4 is 15.8 Å². The minimum Gasteiger partial charge on any atom is -0.488 e. The van der Waals surface area contributed by atoms with E-state index in [0.29, 0.717) is 31.4 Å². The van der Waals surface area contributed by atoms with Crippen LogP contribution in [0, 0.1) is 11.3 Å². The average molecular weight is 469 g/mol. The van der Waals surface area contributed by atoms with E-state index in [-0.39, 0.29) is 12.2 Å². The molecule has 3 amide bonds. The molecule has 6 nitrogen and oxygen atoms in total. The van der Waals surface area contributed by atoms with Crippen molar-refractivity contribution in [3.05, 3.63) is 67.6 Å². The van der Waals surface area contributed by atoms with Gasteiger partial charge in [-0.25, -0.2) is 4.79 Å². The van der Waals surface area contributed by atoms with Gasteiger partial charge in [0.1, 0.15) is 24.0 Å². The van der Waals surface area contributed by atoms with E-state index in [0.717, 1.165) is 0 Å². The molecule has 0 aromatic heterocycles. The lowest BCUT2D eigenvalue weighted by molar-refractivity contribution is -0.115. The monoisotopic (exact) mass is 467 g/mol. The number of amides is 3. The topological polar surface area (TPSA) is 105 Å². The maximum atomic E-state index is 11.9. The second-order valence-corrected chi connectivity index (χ2v) is 6.95. The number of carbonyl (C=O) groups excluding carboxylic acids is 2. The molecule has 2 aromatic rings. The maximum absolute atomic E-state index is 11.9. The van der Waals surface area contributed by atoms with Crippen LogP contribution in [0.1, 0.15) is 11.1 Å². The maximum Gasteiger partial charge on any atom is 0.319 e. The van der Waals surface area contributed by atoms with Gasteiger partial charge in [-0.05, 0) is 36.4 Å². The fourth-order valence-corrected chi connectivity index (χ4v) is 2.88. The van der Waals surface area contributed by atoms with Crippen molar-refractivity contribution in [2.45, 2.75) is 6.61 Å². The lowest BCUT2D eigenvalue weighted by Crippen LogP contribution is -2.35. The Hall–Kier alpha value is -2.53. The van der Waals surface area contributed by atoms with E-state index in [1.165, 1.54) is 6.08 Å². The third-order valence-corrected chi connectivity index (χ3v) is 4.35. The molecule has 0 atom stereocenters. The van der Waals surface area contributed by atoms with E-state index >= 15 is 0 Å². The highest BCUT2D eigenvalue weighted by Crippen LogP contribution is 2.28. The summed E-state index contributed by atoms with van der Waals surface area (Å²) in [5.74, 6) is -0.500. The number of ether oxygens (including phenoxy) is 1. The Kier molecular flexibility index (Phi) is 7.25. The van der Waals surface area contributed by atoms with Gasteiger partial charge in [0.25, 0.3) is 5.91 Å². The zero-order valence-electron chi connectivity index (χ0n) is 13.6. The molecule has 0 fully saturated rings. The Labute approximate surface area is 173 Å². The fourth-order valence-electron chi connectivity index (χ4n) is 2.04. The number of nitriles is 1. The highest BCUT2D eigenvalue weighted by atomic mass is 79.9. The van der Waals surface area contributed by atoms with E-state index < -0.39 is 11.9 Å². The van der Waals surface area contributed by atoms with Crippen LogP contribution in [0.4, 0.5) is 4.79 Å². The molecular weight excluding hydrogens is 457 g/mol. The van der Waals surface area contributed by atoms with Gasteiger partial charge in [0, 0.05) is 25.6 Å². The first-order chi connectivity index (χ1) is 12.8. The minimum atomic E-state index is -1.05. The zero-order valence-corrected chi connectivity index (χ0v) is 16.7. The van der Waals surface area contributed by atoms with Crippen molar-refractivity contribution < 1.29 is 14.3 Å². The van der Waals surface area contributed by atoms with Crippen molar-refractivity contribution in [3.63, 3.8) is 0 Å². The predicted molar refractivity (Wildman–Crippen MR) is 106 cm³/mol. The van der Waals surface area contributed by atoms with E-state index in [1.807, 2.05) is 5.32 Å². The number of nitrogens with zero attached hydrogens (tertiary/aromatic N) is 1. The number of hydrogen-bond donors (Lipinski definition) is 2. The number of nitrogens with one attached hydrogen (secondary N) is 1. The summed E-state index contributed by atoms with van der Waals surface area (Å²) >= 11 is 15.3. The molecule has 2 rings (SSSR count). The number of primary amides is 1. The number of nitrogens with two attached hydrogens (primary N) is 1. The lowest BCUT2D eigenvalue weighted by Gasteiger charge is -2.11. The Balaban J connectivity index is 2.31. The Morgan fingerprint density at radius 2 is 2.00 bits per heavy atom. The second-order valence-electron chi connectivity index (χ2n) is 5.19. The van der Waals surface area contributed by atoms with Crippen LogP contribution >= 0.6 is 39.1 Å². The summed E-state index contributed by atoms with van der Waals surface area (Å²) in [7, 11) is 0. The van der Waals surface area contributed by atoms with Crippen LogP contribution in [0.15, 0.2) is 46.4 Å². The Morgan fingerprint density at radius 3 is 2.63 bits per heavy atom. The SMILES string of the molecule is N#C/C(=C/c1cc(Br)ccc1OCc1ccc(Cl)cc1Cl)C(=O)NC(N)=O. The van der Waals surface area contributed by atoms with Gasteiger partial charge < -0.3 is 10.5 Å². The fraction of sp³-hybridized carbons (Fsp3) is 0.0556. The molecule has 0 unspecified atom stereocenters. The quantitative estimate of drug-likeness (QED) is 0.499. The van der Waals surface area contributed by atoms with Crippen molar-refractivity contribution in [1.29, 1.82) is 5.26 Å². The molecule has 0 radical (unpaired) electrons. The second kappa shape index (κ2) is 9.42. The number of imide groups is 1. The highest BCUT2D eigenvalue weighted by Gasteiger charge is 2.13. The van der Waals surface area contributed by atoms with Gasteiger partial charge in [-0.1, -0.05) is 45.2 Å². The molecule has 0 spiro atoms. The minimum absolute atomic E-state index is 0.147. The van der Waals surface area contributed by atoms with E-state index in [9.17, 15) is 14.9 Å². The molecular formula is C18H12BrCl2N3O3. The van der Waals surface area contributed by atoms with Crippen molar-refractivity contribution in [1.82, 2.24) is 5.32 Å². The van der Waals surface area contributed by atoms with Crippen LogP contribution in [0.5, 0.6) is 5.75 Å². The molecule has 3 N–H and O–H groups in total. The van der Waals surface area contributed by atoms with Crippen LogP contribution in [-0.2, 0) is 11.4 Å². The molecule has 0 bridgehead atoms. The standard InChI is InChI=1S/C18H12BrCl2N3O3/c19-13-2-4-16(27-9-10-1-3-14(20)7-15(10)21)11(6-13)5-12(8-22)17(25)24-18(23)26/h1-7H,9H2,(H3,23,24,25,26)/b12-5-. The summed E-state index contributed by atoms with van der Waals surface area (Å²) in [6.45, 7) is 0.147. The first-order valence-electron chi connectivity index (χ1n) is 7.39. The molecule has 0 heterocycles. The van der Waals surface area contributed by atoms with Gasteiger partial charge in [0.2, 0.25) is 0 Å². The number of benzene rings is 2. The molecule has 0 saturated heterocycles. The molecule has 0 aliphatic rings. The van der Waals surface area contributed by atoms with Crippen LogP contribution in [0.25, 0.3) is 6.08 Å². The summed E-state index contributed by atoms with van der Waals surface area (Å²) in [6.07, 6.45) is 1.29. The van der Waals surface area contributed by atoms with Crippen LogP contribution in [-0.4, -0.2) is 11.9 Å². The Morgan fingerprint density at radius 1 is 1.26 bits per heavy atom. The average Bonchev–Trinajstić information content (AvgIpc) is 2.59. The van der Waals surface area contributed by atoms with Gasteiger partial charge in [-0.2, -0.15) is 5.26 Å². The van der Waals surface area contributed by atoms with E-state index in [1.54, 1.807) is 42.5 Å². The molecule has 2 aromatic carbocycles. The summed E-state index contributed by atoms with van der Waals surface area (Å²) in [5, 5.41) is 12.0. The number of hydrogen-bond acceptors (Lipinski definition) is 4. The predicted octanol–water partition coefficient (Wildman–Crippen LogP) is 4.44. The number of carbonyl (C=O) groups is 2. The van der Waals surface area contributed by atoms with Crippen molar-refractivity contribution >= 4 is 57.1 Å². The van der Waals surface area contributed by atoms with E-state index in [2.05, 4.69) is 15.9 Å². The number of rotatable bonds is 5. The third kappa shape index (κ3) is 6.00. The van der Waals surface area contributed by atoms with Crippen LogP contribution in [0.3, 0.4) is 0 Å². The molecule has 9 heteroatoms. The number of halogens is 3. The smallest absolute Gasteiger partial charge is 0.319 e. The Bertz CT molecular complexity index is 971. The molecule has 0 saturated carbocycles. The normalized spacial score (nSPS) is 10.8. The zero-order chi connectivity index (χ0) is 20.0. The third-order valence-electron chi connectivity index (χ3n) is 3.27. The summed E-state index contributed by atoms with van der Waals surface area (Å²) in [4.78, 5) is 22.7. The summed E-state index contributed by atoms with van der Waals surface area (Å²) < 4.78 is 6.49. The first-order valence-corrected chi connectivity index (χ1v) is 8.94.